The number of amides is 1. The number of ether oxygens (including phenoxy) is 2. The van der Waals surface area contributed by atoms with E-state index in [0.717, 1.165) is 22.6 Å². The van der Waals surface area contributed by atoms with Crippen LogP contribution in [0.2, 0.25) is 10.0 Å². The summed E-state index contributed by atoms with van der Waals surface area (Å²) in [6.07, 6.45) is -0.991. The highest BCUT2D eigenvalue weighted by molar-refractivity contribution is 6.35. The minimum atomic E-state index is -1.00. The van der Waals surface area contributed by atoms with Crippen LogP contribution in [0.1, 0.15) is 29.5 Å². The van der Waals surface area contributed by atoms with Gasteiger partial charge in [0.25, 0.3) is 5.91 Å². The number of hydrogen-bond acceptors (Lipinski definition) is 6. The summed E-state index contributed by atoms with van der Waals surface area (Å²) in [5, 5.41) is 7.25. The van der Waals surface area contributed by atoms with Crippen LogP contribution >= 0.6 is 23.2 Å². The molecule has 2 aromatic carbocycles. The van der Waals surface area contributed by atoms with Crippen LogP contribution < -0.4 is 10.1 Å². The number of carbonyl (C=O) groups excluding carboxylic acids is 2. The van der Waals surface area contributed by atoms with Gasteiger partial charge in [-0.1, -0.05) is 40.5 Å². The number of rotatable bonds is 8. The molecule has 1 amide bonds. The van der Waals surface area contributed by atoms with Gasteiger partial charge in [-0.2, -0.15) is 0 Å². The fraction of sp³-hybridized carbons (Fsp3) is 0.261. The molecule has 0 saturated carbocycles. The van der Waals surface area contributed by atoms with Crippen molar-refractivity contribution in [3.8, 4) is 5.75 Å². The van der Waals surface area contributed by atoms with Gasteiger partial charge in [-0.3, -0.25) is 9.59 Å². The first-order chi connectivity index (χ1) is 15.2. The predicted molar refractivity (Wildman–Crippen MR) is 121 cm³/mol. The van der Waals surface area contributed by atoms with Crippen LogP contribution in [0.15, 0.2) is 47.0 Å². The first kappa shape index (κ1) is 23.6. The van der Waals surface area contributed by atoms with E-state index in [4.69, 9.17) is 37.2 Å². The molecule has 0 radical (unpaired) electrons. The van der Waals surface area contributed by atoms with E-state index in [1.807, 2.05) is 13.8 Å². The molecule has 7 nitrogen and oxygen atoms in total. The normalized spacial score (nSPS) is 11.7. The Morgan fingerprint density at radius 3 is 2.50 bits per heavy atom. The number of hydrogen-bond donors (Lipinski definition) is 1. The average Bonchev–Trinajstić information content (AvgIpc) is 3.07. The third-order valence-corrected chi connectivity index (χ3v) is 5.26. The number of halogens is 2. The topological polar surface area (TPSA) is 90.7 Å². The molecule has 3 rings (SSSR count). The van der Waals surface area contributed by atoms with Gasteiger partial charge in [-0.15, -0.1) is 0 Å². The molecule has 9 heteroatoms. The molecule has 1 atom stereocenters. The summed E-state index contributed by atoms with van der Waals surface area (Å²) < 4.78 is 16.1. The Morgan fingerprint density at radius 2 is 1.84 bits per heavy atom. The summed E-state index contributed by atoms with van der Waals surface area (Å²) in [4.78, 5) is 24.6. The minimum Gasteiger partial charge on any atom is -0.489 e. The summed E-state index contributed by atoms with van der Waals surface area (Å²) >= 11 is 12.0. The highest BCUT2D eigenvalue weighted by atomic mass is 35.5. The first-order valence-corrected chi connectivity index (χ1v) is 10.6. The van der Waals surface area contributed by atoms with Crippen molar-refractivity contribution in [2.75, 3.05) is 5.32 Å². The quantitative estimate of drug-likeness (QED) is 0.444. The SMILES string of the molecule is Cc1noc(C)c1COc1ccc(CC(=O)OC(C)C(=O)Nc2cc(Cl)ccc2Cl)cc1. The van der Waals surface area contributed by atoms with Crippen LogP contribution in [0.4, 0.5) is 5.69 Å². The van der Waals surface area contributed by atoms with E-state index < -0.39 is 18.0 Å². The number of carbonyl (C=O) groups is 2. The fourth-order valence-electron chi connectivity index (χ4n) is 2.85. The number of aromatic nitrogens is 1. The Bertz CT molecular complexity index is 1090. The van der Waals surface area contributed by atoms with E-state index in [2.05, 4.69) is 10.5 Å². The molecule has 0 aliphatic rings. The van der Waals surface area contributed by atoms with Crippen molar-refractivity contribution in [3.05, 3.63) is 75.1 Å². The zero-order chi connectivity index (χ0) is 23.3. The molecule has 1 aromatic heterocycles. The van der Waals surface area contributed by atoms with Gasteiger partial charge in [-0.05, 0) is 56.7 Å². The van der Waals surface area contributed by atoms with Crippen molar-refractivity contribution in [2.45, 2.75) is 39.9 Å². The van der Waals surface area contributed by atoms with Gasteiger partial charge in [0, 0.05) is 5.02 Å². The standard InChI is InChI=1S/C23H22Cl2N2O5/c1-13-19(14(2)32-27-13)12-30-18-7-4-16(5-8-18)10-22(28)31-15(3)23(29)26-21-11-17(24)6-9-20(21)25/h4-9,11,15H,10,12H2,1-3H3,(H,26,29). The molecule has 0 aliphatic carbocycles. The number of aryl methyl sites for hydroxylation is 2. The summed E-state index contributed by atoms with van der Waals surface area (Å²) in [5.41, 5.74) is 2.77. The average molecular weight is 477 g/mol. The van der Waals surface area contributed by atoms with Crippen molar-refractivity contribution in [1.29, 1.82) is 0 Å². The lowest BCUT2D eigenvalue weighted by molar-refractivity contribution is -0.152. The second kappa shape index (κ2) is 10.5. The molecule has 0 bridgehead atoms. The third kappa shape index (κ3) is 6.24. The largest absolute Gasteiger partial charge is 0.489 e. The molecule has 0 saturated heterocycles. The predicted octanol–water partition coefficient (Wildman–Crippen LogP) is 5.29. The molecule has 1 N–H and O–H groups in total. The monoisotopic (exact) mass is 476 g/mol. The lowest BCUT2D eigenvalue weighted by Crippen LogP contribution is -2.30. The van der Waals surface area contributed by atoms with Crippen molar-refractivity contribution in [1.82, 2.24) is 5.16 Å². The van der Waals surface area contributed by atoms with Gasteiger partial charge in [0.1, 0.15) is 18.1 Å². The summed E-state index contributed by atoms with van der Waals surface area (Å²) in [6.45, 7) is 5.51. The van der Waals surface area contributed by atoms with E-state index in [1.165, 1.54) is 13.0 Å². The summed E-state index contributed by atoms with van der Waals surface area (Å²) in [6, 6.07) is 11.7. The van der Waals surface area contributed by atoms with Crippen molar-refractivity contribution in [2.24, 2.45) is 0 Å². The van der Waals surface area contributed by atoms with E-state index in [-0.39, 0.29) is 6.42 Å². The van der Waals surface area contributed by atoms with Gasteiger partial charge in [-0.25, -0.2) is 0 Å². The van der Waals surface area contributed by atoms with Crippen molar-refractivity contribution >= 4 is 40.8 Å². The van der Waals surface area contributed by atoms with Crippen LogP contribution in [0.5, 0.6) is 5.75 Å². The van der Waals surface area contributed by atoms with E-state index in [1.54, 1.807) is 36.4 Å². The van der Waals surface area contributed by atoms with Gasteiger partial charge in [0.2, 0.25) is 0 Å². The fourth-order valence-corrected chi connectivity index (χ4v) is 3.19. The Morgan fingerprint density at radius 1 is 1.12 bits per heavy atom. The Labute approximate surface area is 195 Å². The molecule has 168 valence electrons. The molecular weight excluding hydrogens is 455 g/mol. The molecule has 0 fully saturated rings. The van der Waals surface area contributed by atoms with Gasteiger partial charge in [0.05, 0.1) is 28.4 Å². The van der Waals surface area contributed by atoms with Crippen LogP contribution in [0, 0.1) is 13.8 Å². The van der Waals surface area contributed by atoms with E-state index in [9.17, 15) is 9.59 Å². The van der Waals surface area contributed by atoms with E-state index >= 15 is 0 Å². The van der Waals surface area contributed by atoms with Gasteiger partial charge >= 0.3 is 5.97 Å². The maximum atomic E-state index is 12.3. The number of nitrogens with zero attached hydrogens (tertiary/aromatic N) is 1. The number of anilines is 1. The van der Waals surface area contributed by atoms with Crippen LogP contribution in [0.3, 0.4) is 0 Å². The molecule has 32 heavy (non-hydrogen) atoms. The minimum absolute atomic E-state index is 0.0136. The Kier molecular flexibility index (Phi) is 7.77. The second-order valence-electron chi connectivity index (χ2n) is 7.16. The van der Waals surface area contributed by atoms with Crippen molar-refractivity contribution < 1.29 is 23.6 Å². The number of nitrogens with one attached hydrogen (secondary N) is 1. The molecule has 1 unspecified atom stereocenters. The number of benzene rings is 2. The first-order valence-electron chi connectivity index (χ1n) is 9.82. The second-order valence-corrected chi connectivity index (χ2v) is 8.00. The Balaban J connectivity index is 1.49. The third-order valence-electron chi connectivity index (χ3n) is 4.70. The van der Waals surface area contributed by atoms with Crippen LogP contribution in [-0.4, -0.2) is 23.1 Å². The number of esters is 1. The summed E-state index contributed by atoms with van der Waals surface area (Å²) in [5.74, 6) is 0.325. The lowest BCUT2D eigenvalue weighted by atomic mass is 10.1. The van der Waals surface area contributed by atoms with Gasteiger partial charge in [0.15, 0.2) is 6.10 Å². The molecule has 0 spiro atoms. The van der Waals surface area contributed by atoms with Crippen LogP contribution in [-0.2, 0) is 27.4 Å². The van der Waals surface area contributed by atoms with Crippen molar-refractivity contribution in [3.63, 3.8) is 0 Å². The van der Waals surface area contributed by atoms with E-state index in [0.29, 0.717) is 28.1 Å². The maximum Gasteiger partial charge on any atom is 0.311 e. The molecule has 0 aliphatic heterocycles. The summed E-state index contributed by atoms with van der Waals surface area (Å²) in [7, 11) is 0. The smallest absolute Gasteiger partial charge is 0.311 e. The highest BCUT2D eigenvalue weighted by Gasteiger charge is 2.19. The highest BCUT2D eigenvalue weighted by Crippen LogP contribution is 2.25. The zero-order valence-electron chi connectivity index (χ0n) is 17.8. The maximum absolute atomic E-state index is 12.3. The Hall–Kier alpha value is -3.03. The molecule has 1 heterocycles. The van der Waals surface area contributed by atoms with Crippen LogP contribution in [0.25, 0.3) is 0 Å². The zero-order valence-corrected chi connectivity index (χ0v) is 19.3. The van der Waals surface area contributed by atoms with Gasteiger partial charge < -0.3 is 19.3 Å². The lowest BCUT2D eigenvalue weighted by Gasteiger charge is -2.14. The molecule has 3 aromatic rings. The molecular formula is C23H22Cl2N2O5.